The summed E-state index contributed by atoms with van der Waals surface area (Å²) in [4.78, 5) is 33.5. The molecule has 23 heavy (non-hydrogen) atoms. The van der Waals surface area contributed by atoms with Crippen molar-refractivity contribution in [3.8, 4) is 0 Å². The van der Waals surface area contributed by atoms with Gasteiger partial charge in [0.05, 0.1) is 0 Å². The van der Waals surface area contributed by atoms with E-state index in [1.165, 1.54) is 5.57 Å². The van der Waals surface area contributed by atoms with Gasteiger partial charge < -0.3 is 0 Å². The first kappa shape index (κ1) is 10.4. The number of hydrogen-bond donors (Lipinski definition) is 0. The third-order valence-electron chi connectivity index (χ3n) is 16.8. The number of Topliss-reactive ketones (excluding diaryl/α,β-unsaturated/α-hetero) is 1. The van der Waals surface area contributed by atoms with Crippen LogP contribution in [-0.4, -0.2) is 18.4 Å². The second-order valence-corrected chi connectivity index (χ2v) is 35.3. The van der Waals surface area contributed by atoms with Crippen molar-refractivity contribution in [3.05, 3.63) is 11.6 Å². The molecule has 0 amide bonds. The maximum atomic E-state index is 13.2. The predicted octanol–water partition coefficient (Wildman–Crippen LogP) is 4.60. The van der Waals surface area contributed by atoms with E-state index >= 15 is 0 Å². The third kappa shape index (κ3) is 0.133. The van der Waals surface area contributed by atoms with Crippen molar-refractivity contribution in [2.45, 2.75) is 74.3 Å². The first-order chi connectivity index (χ1) is 10.8. The number of fused-ring (bicyclic) bond motifs is 10. The molecule has 0 N–H and O–H groups in total. The van der Waals surface area contributed by atoms with Gasteiger partial charge in [-0.15, -0.1) is 0 Å². The molecule has 0 aliphatic carbocycles. The van der Waals surface area contributed by atoms with Crippen molar-refractivity contribution in [3.63, 3.8) is 0 Å². The first-order valence-corrected chi connectivity index (χ1v) is 15.6. The summed E-state index contributed by atoms with van der Waals surface area (Å²) in [6.07, 6.45) is 2.63. The second kappa shape index (κ2) is 1.02. The Bertz CT molecular complexity index is 1270. The summed E-state index contributed by atoms with van der Waals surface area (Å²) in [5.74, 6) is 0.546. The molecule has 10 saturated heterocycles. The first-order valence-electron chi connectivity index (χ1n) is 9.39. The molecule has 10 fully saturated rings. The fraction of sp³-hybridized carbons (Fsp3) is 0.789. The van der Waals surface area contributed by atoms with E-state index in [1.54, 1.807) is 0 Å². The van der Waals surface area contributed by atoms with E-state index in [-0.39, 0.29) is 5.97 Å². The minimum atomic E-state index is -3.70. The van der Waals surface area contributed by atoms with Crippen LogP contribution in [0.5, 0.6) is 0 Å². The Balaban J connectivity index is 1.35. The molecule has 10 aliphatic heterocycles. The van der Waals surface area contributed by atoms with Crippen LogP contribution in [0.25, 0.3) is 0 Å². The summed E-state index contributed by atoms with van der Waals surface area (Å²) >= 11 is 0. The number of carbonyl (C=O) groups excluding carboxylic acids is 2. The summed E-state index contributed by atoms with van der Waals surface area (Å²) in [6, 6.07) is 0. The van der Waals surface area contributed by atoms with Gasteiger partial charge in [0.2, 0.25) is 0 Å². The molecule has 0 bridgehead atoms. The number of ketones is 1. The monoisotopic (exact) mass is 354 g/mol. The van der Waals surface area contributed by atoms with Crippen molar-refractivity contribution in [2.75, 3.05) is 6.61 Å². The standard InChI is InChI=1S/C11H13O2.C8H9O.Fe/c1-3-13-11(12)8-9(2)10-6-4-5-7-10;1-2-8(9)7-5-3-4-6-7;/h4-8H,3H2,1-2H3;3-6H,2H2,1H3;. The number of esters is 1. The van der Waals surface area contributed by atoms with Crippen LogP contribution in [0.4, 0.5) is 0 Å². The summed E-state index contributed by atoms with van der Waals surface area (Å²) < 4.78 is 5.98. The molecule has 0 aromatic carbocycles. The number of allylic oxidation sites excluding steroid dienone is 1. The summed E-state index contributed by atoms with van der Waals surface area (Å²) in [5, 5.41) is 0. The van der Waals surface area contributed by atoms with Crippen molar-refractivity contribution in [2.24, 2.45) is 0 Å². The zero-order chi connectivity index (χ0) is 15.5. The minimum absolute atomic E-state index is 0.142. The van der Waals surface area contributed by atoms with Crippen LogP contribution >= 0.6 is 0 Å². The fourth-order valence-corrected chi connectivity index (χ4v) is 96.0. The molecule has 4 heteroatoms. The van der Waals surface area contributed by atoms with E-state index < -0.39 is 6.51 Å². The van der Waals surface area contributed by atoms with Gasteiger partial charge in [0, 0.05) is 0 Å². The second-order valence-electron chi connectivity index (χ2n) is 12.1. The summed E-state index contributed by atoms with van der Waals surface area (Å²) in [6.45, 7) is 2.97. The fourth-order valence-electron chi connectivity index (χ4n) is 19.1. The molecule has 10 aliphatic rings. The van der Waals surface area contributed by atoms with Crippen molar-refractivity contribution in [1.29, 1.82) is 0 Å². The predicted molar refractivity (Wildman–Crippen MR) is 81.1 cm³/mol. The molecule has 0 aromatic rings. The molecule has 10 heterocycles. The number of ether oxygens (including phenoxy) is 1. The SMILES string of the molecule is CCOC(=O)C=C(C)[C]12[CH]3[CH]4[CH]5[CH]1[Fe]45321678[CH]2[CH]1[CH]6[C]7(C(=O)CC)[CH]28. The van der Waals surface area contributed by atoms with E-state index in [4.69, 9.17) is 4.74 Å². The average Bonchev–Trinajstić information content (AvgIpc) is 3.46. The number of rotatable bonds is 5. The van der Waals surface area contributed by atoms with Crippen molar-refractivity contribution in [1.82, 2.24) is 0 Å². The zero-order valence-electron chi connectivity index (χ0n) is 13.7. The normalized spacial score (nSPS) is 94.8. The summed E-state index contributed by atoms with van der Waals surface area (Å²) in [5.41, 5.74) is 1.38. The van der Waals surface area contributed by atoms with E-state index in [1.807, 2.05) is 13.0 Å². The van der Waals surface area contributed by atoms with Crippen LogP contribution in [0, 0.1) is 0 Å². The third-order valence-corrected chi connectivity index (χ3v) is 59.7. The van der Waals surface area contributed by atoms with Gasteiger partial charge in [-0.2, -0.15) is 0 Å². The van der Waals surface area contributed by atoms with Gasteiger partial charge in [-0.25, -0.2) is 0 Å². The quantitative estimate of drug-likeness (QED) is 0.412. The molecule has 0 radical (unpaired) electrons. The van der Waals surface area contributed by atoms with Gasteiger partial charge in [0.15, 0.2) is 0 Å². The van der Waals surface area contributed by atoms with Crippen LogP contribution in [0.1, 0.15) is 27.2 Å². The van der Waals surface area contributed by atoms with Gasteiger partial charge >= 0.3 is 125 Å². The van der Waals surface area contributed by atoms with E-state index in [2.05, 4.69) is 13.8 Å². The number of hydrogen-bond acceptors (Lipinski definition) is 3. The molecule has 8 unspecified atom stereocenters. The Morgan fingerprint density at radius 3 is 1.96 bits per heavy atom. The Kier molecular flexibility index (Phi) is 0.462. The molecule has 3 nitrogen and oxygen atoms in total. The molecule has 8 atom stereocenters. The van der Waals surface area contributed by atoms with Crippen molar-refractivity contribution < 1.29 is 20.8 Å². The van der Waals surface area contributed by atoms with Crippen LogP contribution in [0.15, 0.2) is 11.6 Å². The summed E-state index contributed by atoms with van der Waals surface area (Å²) in [7, 11) is 0. The Morgan fingerprint density at radius 2 is 1.52 bits per heavy atom. The maximum absolute atomic E-state index is 13.2. The molecule has 124 valence electrons. The van der Waals surface area contributed by atoms with Gasteiger partial charge in [-0.05, 0) is 0 Å². The Morgan fingerprint density at radius 1 is 1.00 bits per heavy atom. The van der Waals surface area contributed by atoms with Crippen LogP contribution < -0.4 is 0 Å². The Labute approximate surface area is 125 Å². The van der Waals surface area contributed by atoms with Crippen LogP contribution in [0.3, 0.4) is 0 Å². The van der Waals surface area contributed by atoms with E-state index in [9.17, 15) is 9.59 Å². The molecule has 0 saturated carbocycles. The van der Waals surface area contributed by atoms with Crippen LogP contribution in [-0.2, 0) is 20.8 Å². The van der Waals surface area contributed by atoms with Crippen molar-refractivity contribution >= 4 is 11.8 Å². The van der Waals surface area contributed by atoms with E-state index in [0.717, 1.165) is 45.0 Å². The average molecular weight is 354 g/mol. The molecule has 1 spiro atoms. The number of carbonyl (C=O) groups is 2. The van der Waals surface area contributed by atoms with Gasteiger partial charge in [0.1, 0.15) is 0 Å². The molecule has 10 rings (SSSR count). The van der Waals surface area contributed by atoms with Gasteiger partial charge in [0.25, 0.3) is 0 Å². The zero-order valence-corrected chi connectivity index (χ0v) is 14.8. The van der Waals surface area contributed by atoms with Gasteiger partial charge in [-0.1, -0.05) is 0 Å². The molecule has 0 aromatic heterocycles. The van der Waals surface area contributed by atoms with Gasteiger partial charge in [-0.3, -0.25) is 0 Å². The van der Waals surface area contributed by atoms with Crippen LogP contribution in [0.2, 0.25) is 47.2 Å². The molecular weight excluding hydrogens is 332 g/mol. The molecular formula is C19H22FeO3. The topological polar surface area (TPSA) is 43.4 Å². The van der Waals surface area contributed by atoms with E-state index in [0.29, 0.717) is 21.0 Å². The Hall–Kier alpha value is -0.601.